The zero-order valence-electron chi connectivity index (χ0n) is 12.6. The minimum atomic E-state index is -1.84. The third-order valence-corrected chi connectivity index (χ3v) is 4.24. The SMILES string of the molecule is O=C(NC(NC(=S)Nc1ccccc1Cl)C(Cl)(Cl)Cl)c1ccccc1. The number of para-hydroxylation sites is 1. The second kappa shape index (κ2) is 8.92. The Morgan fingerprint density at radius 2 is 1.56 bits per heavy atom. The van der Waals surface area contributed by atoms with Gasteiger partial charge in [0.25, 0.3) is 5.91 Å². The first-order valence-corrected chi connectivity index (χ1v) is 8.94. The average molecular weight is 437 g/mol. The molecule has 1 amide bonds. The molecule has 0 saturated heterocycles. The second-order valence-electron chi connectivity index (χ2n) is 4.89. The Morgan fingerprint density at radius 3 is 2.16 bits per heavy atom. The first-order valence-electron chi connectivity index (χ1n) is 7.02. The summed E-state index contributed by atoms with van der Waals surface area (Å²) >= 11 is 29.1. The monoisotopic (exact) mass is 435 g/mol. The summed E-state index contributed by atoms with van der Waals surface area (Å²) in [7, 11) is 0. The molecule has 2 rings (SSSR count). The van der Waals surface area contributed by atoms with Crippen molar-refractivity contribution in [1.82, 2.24) is 10.6 Å². The van der Waals surface area contributed by atoms with Gasteiger partial charge in [0.15, 0.2) is 5.11 Å². The number of benzene rings is 2. The van der Waals surface area contributed by atoms with Crippen LogP contribution in [0, 0.1) is 0 Å². The van der Waals surface area contributed by atoms with Gasteiger partial charge in [-0.15, -0.1) is 0 Å². The van der Waals surface area contributed by atoms with Gasteiger partial charge in [0.05, 0.1) is 10.7 Å². The van der Waals surface area contributed by atoms with E-state index in [4.69, 9.17) is 58.6 Å². The predicted molar refractivity (Wildman–Crippen MR) is 109 cm³/mol. The molecule has 2 aromatic rings. The highest BCUT2D eigenvalue weighted by atomic mass is 35.6. The van der Waals surface area contributed by atoms with Crippen molar-refractivity contribution in [2.24, 2.45) is 0 Å². The predicted octanol–water partition coefficient (Wildman–Crippen LogP) is 4.75. The van der Waals surface area contributed by atoms with E-state index in [0.29, 0.717) is 16.3 Å². The van der Waals surface area contributed by atoms with Gasteiger partial charge in [0, 0.05) is 5.56 Å². The Bertz CT molecular complexity index is 753. The molecule has 0 radical (unpaired) electrons. The molecule has 0 aliphatic heterocycles. The van der Waals surface area contributed by atoms with Crippen molar-refractivity contribution in [3.63, 3.8) is 0 Å². The van der Waals surface area contributed by atoms with E-state index in [0.717, 1.165) is 0 Å². The molecule has 0 heterocycles. The Labute approximate surface area is 170 Å². The molecule has 0 aliphatic rings. The van der Waals surface area contributed by atoms with Gasteiger partial charge < -0.3 is 16.0 Å². The maximum atomic E-state index is 12.3. The van der Waals surface area contributed by atoms with Gasteiger partial charge in [0.2, 0.25) is 3.79 Å². The summed E-state index contributed by atoms with van der Waals surface area (Å²) in [4.78, 5) is 12.3. The zero-order valence-corrected chi connectivity index (χ0v) is 16.4. The number of alkyl halides is 3. The van der Waals surface area contributed by atoms with Crippen LogP contribution in [0.2, 0.25) is 5.02 Å². The number of thiocarbonyl (C=S) groups is 1. The topological polar surface area (TPSA) is 53.2 Å². The van der Waals surface area contributed by atoms with Gasteiger partial charge >= 0.3 is 0 Å². The molecule has 0 fully saturated rings. The van der Waals surface area contributed by atoms with Crippen LogP contribution in [-0.2, 0) is 0 Å². The van der Waals surface area contributed by atoms with Crippen LogP contribution in [0.4, 0.5) is 5.69 Å². The van der Waals surface area contributed by atoms with E-state index in [-0.39, 0.29) is 5.11 Å². The molecule has 0 aliphatic carbocycles. The van der Waals surface area contributed by atoms with Gasteiger partial charge in [-0.05, 0) is 36.5 Å². The number of carbonyl (C=O) groups is 1. The molecule has 1 atom stereocenters. The number of amides is 1. The van der Waals surface area contributed by atoms with E-state index < -0.39 is 15.9 Å². The normalized spacial score (nSPS) is 12.2. The fourth-order valence-electron chi connectivity index (χ4n) is 1.86. The van der Waals surface area contributed by atoms with Crippen LogP contribution in [0.25, 0.3) is 0 Å². The number of hydrogen-bond acceptors (Lipinski definition) is 2. The fraction of sp³-hybridized carbons (Fsp3) is 0.125. The standard InChI is InChI=1S/C16H13Cl4N3OS/c17-11-8-4-5-9-12(11)21-15(25)23-14(16(18,19)20)22-13(24)10-6-2-1-3-7-10/h1-9,14H,(H,22,24)(H2,21,23,25). The summed E-state index contributed by atoms with van der Waals surface area (Å²) < 4.78 is -1.84. The molecule has 0 bridgehead atoms. The minimum absolute atomic E-state index is 0.137. The molecule has 9 heteroatoms. The zero-order chi connectivity index (χ0) is 18.4. The molecule has 4 nitrogen and oxygen atoms in total. The van der Waals surface area contributed by atoms with E-state index in [1.807, 2.05) is 0 Å². The molecule has 132 valence electrons. The molecule has 1 unspecified atom stereocenters. The van der Waals surface area contributed by atoms with E-state index in [1.54, 1.807) is 54.6 Å². The van der Waals surface area contributed by atoms with Gasteiger partial charge in [-0.3, -0.25) is 4.79 Å². The molecule has 0 saturated carbocycles. The van der Waals surface area contributed by atoms with Crippen molar-refractivity contribution in [2.45, 2.75) is 9.96 Å². The number of halogens is 4. The average Bonchev–Trinajstić information content (AvgIpc) is 2.56. The van der Waals surface area contributed by atoms with E-state index >= 15 is 0 Å². The minimum Gasteiger partial charge on any atom is -0.339 e. The summed E-state index contributed by atoms with van der Waals surface area (Å²) in [5.74, 6) is -0.412. The fourth-order valence-corrected chi connectivity index (χ4v) is 2.59. The van der Waals surface area contributed by atoms with E-state index in [2.05, 4.69) is 16.0 Å². The first-order chi connectivity index (χ1) is 11.8. The van der Waals surface area contributed by atoms with Gasteiger partial charge in [-0.25, -0.2) is 0 Å². The Kier molecular flexibility index (Phi) is 7.16. The van der Waals surface area contributed by atoms with Crippen molar-refractivity contribution in [1.29, 1.82) is 0 Å². The smallest absolute Gasteiger partial charge is 0.252 e. The lowest BCUT2D eigenvalue weighted by Gasteiger charge is -2.28. The largest absolute Gasteiger partial charge is 0.339 e. The third kappa shape index (κ3) is 6.20. The van der Waals surface area contributed by atoms with Crippen molar-refractivity contribution in [2.75, 3.05) is 5.32 Å². The summed E-state index contributed by atoms with van der Waals surface area (Å²) in [5, 5.41) is 8.87. The molecule has 25 heavy (non-hydrogen) atoms. The summed E-state index contributed by atoms with van der Waals surface area (Å²) in [6.45, 7) is 0. The maximum absolute atomic E-state index is 12.3. The molecule has 2 aromatic carbocycles. The summed E-state index contributed by atoms with van der Waals surface area (Å²) in [6, 6.07) is 15.6. The highest BCUT2D eigenvalue weighted by Gasteiger charge is 2.34. The van der Waals surface area contributed by atoms with Crippen LogP contribution in [-0.4, -0.2) is 21.0 Å². The van der Waals surface area contributed by atoms with Crippen LogP contribution in [0.1, 0.15) is 10.4 Å². The number of nitrogens with one attached hydrogen (secondary N) is 3. The van der Waals surface area contributed by atoms with Crippen LogP contribution in [0.3, 0.4) is 0 Å². The number of anilines is 1. The van der Waals surface area contributed by atoms with E-state index in [9.17, 15) is 4.79 Å². The van der Waals surface area contributed by atoms with Gasteiger partial charge in [0.1, 0.15) is 6.17 Å². The Balaban J connectivity index is 2.06. The highest BCUT2D eigenvalue weighted by Crippen LogP contribution is 2.29. The number of hydrogen-bond donors (Lipinski definition) is 3. The first kappa shape index (κ1) is 20.1. The quantitative estimate of drug-likeness (QED) is 0.367. The van der Waals surface area contributed by atoms with Crippen LogP contribution in [0.15, 0.2) is 54.6 Å². The molecule has 0 aromatic heterocycles. The molecule has 0 spiro atoms. The Morgan fingerprint density at radius 1 is 0.960 bits per heavy atom. The lowest BCUT2D eigenvalue weighted by Crippen LogP contribution is -2.56. The number of carbonyl (C=O) groups excluding carboxylic acids is 1. The van der Waals surface area contributed by atoms with Crippen molar-refractivity contribution < 1.29 is 4.79 Å². The van der Waals surface area contributed by atoms with Crippen LogP contribution < -0.4 is 16.0 Å². The lowest BCUT2D eigenvalue weighted by atomic mass is 10.2. The van der Waals surface area contributed by atoms with Crippen molar-refractivity contribution in [3.8, 4) is 0 Å². The van der Waals surface area contributed by atoms with Crippen molar-refractivity contribution >= 4 is 75.3 Å². The second-order valence-corrected chi connectivity index (χ2v) is 8.08. The lowest BCUT2D eigenvalue weighted by molar-refractivity contribution is 0.0934. The van der Waals surface area contributed by atoms with Gasteiger partial charge in [-0.1, -0.05) is 76.7 Å². The maximum Gasteiger partial charge on any atom is 0.252 e. The van der Waals surface area contributed by atoms with Crippen LogP contribution in [0.5, 0.6) is 0 Å². The van der Waals surface area contributed by atoms with Crippen LogP contribution >= 0.6 is 58.6 Å². The molecular weight excluding hydrogens is 424 g/mol. The van der Waals surface area contributed by atoms with E-state index in [1.165, 1.54) is 0 Å². The van der Waals surface area contributed by atoms with Crippen molar-refractivity contribution in [3.05, 3.63) is 65.2 Å². The molecular formula is C16H13Cl4N3OS. The third-order valence-electron chi connectivity index (χ3n) is 3.04. The summed E-state index contributed by atoms with van der Waals surface area (Å²) in [5.41, 5.74) is 1.01. The highest BCUT2D eigenvalue weighted by molar-refractivity contribution is 7.80. The Hall–Kier alpha value is -1.24. The van der Waals surface area contributed by atoms with Gasteiger partial charge in [-0.2, -0.15) is 0 Å². The number of rotatable bonds is 4. The molecule has 3 N–H and O–H groups in total. The summed E-state index contributed by atoms with van der Waals surface area (Å²) in [6.07, 6.45) is -1.06.